The highest BCUT2D eigenvalue weighted by Crippen LogP contribution is 2.23. The molecule has 0 unspecified atom stereocenters. The van der Waals surface area contributed by atoms with Crippen molar-refractivity contribution in [2.75, 3.05) is 23.7 Å². The van der Waals surface area contributed by atoms with Crippen LogP contribution in [-0.2, 0) is 32.6 Å². The predicted molar refractivity (Wildman–Crippen MR) is 171 cm³/mol. The van der Waals surface area contributed by atoms with Crippen LogP contribution >= 0.6 is 11.6 Å². The molecule has 0 aliphatic rings. The lowest BCUT2D eigenvalue weighted by molar-refractivity contribution is -0.141. The molecule has 3 aromatic carbocycles. The molecule has 0 bridgehead atoms. The van der Waals surface area contributed by atoms with E-state index in [2.05, 4.69) is 12.2 Å². The van der Waals surface area contributed by atoms with Crippen molar-refractivity contribution >= 4 is 39.1 Å². The van der Waals surface area contributed by atoms with Crippen molar-refractivity contribution < 1.29 is 18.0 Å². The monoisotopic (exact) mass is 611 g/mol. The number of carbonyl (C=O) groups is 2. The Morgan fingerprint density at radius 2 is 1.62 bits per heavy atom. The summed E-state index contributed by atoms with van der Waals surface area (Å²) in [4.78, 5) is 29.1. The van der Waals surface area contributed by atoms with Gasteiger partial charge in [0.05, 0.1) is 11.9 Å². The number of carbonyl (C=O) groups excluding carboxylic acids is 2. The first-order chi connectivity index (χ1) is 20.0. The van der Waals surface area contributed by atoms with Crippen LogP contribution in [0.3, 0.4) is 0 Å². The molecule has 226 valence electrons. The van der Waals surface area contributed by atoms with Crippen molar-refractivity contribution in [1.82, 2.24) is 10.2 Å². The van der Waals surface area contributed by atoms with Crippen LogP contribution in [0, 0.1) is 13.8 Å². The fourth-order valence-corrected chi connectivity index (χ4v) is 5.95. The van der Waals surface area contributed by atoms with Gasteiger partial charge >= 0.3 is 0 Å². The predicted octanol–water partition coefficient (Wildman–Crippen LogP) is 6.06. The first kappa shape index (κ1) is 33.1. The van der Waals surface area contributed by atoms with E-state index in [1.54, 1.807) is 23.1 Å². The van der Waals surface area contributed by atoms with Gasteiger partial charge in [0.2, 0.25) is 21.8 Å². The highest BCUT2D eigenvalue weighted by atomic mass is 35.5. The lowest BCUT2D eigenvalue weighted by Gasteiger charge is -2.32. The summed E-state index contributed by atoms with van der Waals surface area (Å²) < 4.78 is 26.7. The molecule has 0 saturated carbocycles. The van der Waals surface area contributed by atoms with E-state index in [0.717, 1.165) is 35.1 Å². The Morgan fingerprint density at radius 3 is 2.26 bits per heavy atom. The zero-order valence-electron chi connectivity index (χ0n) is 25.0. The molecular formula is C33H42ClN3O4S. The average molecular weight is 612 g/mol. The first-order valence-corrected chi connectivity index (χ1v) is 16.6. The second-order valence-corrected chi connectivity index (χ2v) is 13.1. The van der Waals surface area contributed by atoms with Gasteiger partial charge in [-0.1, -0.05) is 73.5 Å². The zero-order chi connectivity index (χ0) is 30.7. The number of hydrogen-bond donors (Lipinski definition) is 1. The topological polar surface area (TPSA) is 86.8 Å². The van der Waals surface area contributed by atoms with Gasteiger partial charge in [0.25, 0.3) is 0 Å². The van der Waals surface area contributed by atoms with Crippen LogP contribution in [-0.4, -0.2) is 50.5 Å². The highest BCUT2D eigenvalue weighted by Gasteiger charge is 2.30. The maximum absolute atomic E-state index is 13.9. The Kier molecular flexibility index (Phi) is 12.4. The molecule has 0 aliphatic carbocycles. The molecule has 0 aliphatic heterocycles. The van der Waals surface area contributed by atoms with Gasteiger partial charge in [-0.2, -0.15) is 0 Å². The number of benzene rings is 3. The fourth-order valence-electron chi connectivity index (χ4n) is 4.78. The van der Waals surface area contributed by atoms with E-state index in [9.17, 15) is 18.0 Å². The van der Waals surface area contributed by atoms with E-state index < -0.39 is 16.1 Å². The maximum Gasteiger partial charge on any atom is 0.243 e. The van der Waals surface area contributed by atoms with Crippen LogP contribution in [0.1, 0.15) is 54.9 Å². The molecule has 42 heavy (non-hydrogen) atoms. The summed E-state index contributed by atoms with van der Waals surface area (Å²) in [7, 11) is -3.57. The largest absolute Gasteiger partial charge is 0.354 e. The number of nitrogens with zero attached hydrogens (tertiary/aromatic N) is 2. The van der Waals surface area contributed by atoms with Crippen molar-refractivity contribution in [3.05, 3.63) is 100 Å². The fraction of sp³-hybridized carbons (Fsp3) is 0.394. The molecule has 0 spiro atoms. The van der Waals surface area contributed by atoms with E-state index in [-0.39, 0.29) is 31.3 Å². The van der Waals surface area contributed by atoms with Gasteiger partial charge in [0, 0.05) is 37.5 Å². The molecule has 3 rings (SSSR count). The molecule has 3 aromatic rings. The summed E-state index contributed by atoms with van der Waals surface area (Å²) in [5, 5.41) is 3.56. The maximum atomic E-state index is 13.9. The second kappa shape index (κ2) is 15.8. The highest BCUT2D eigenvalue weighted by molar-refractivity contribution is 7.92. The Balaban J connectivity index is 1.88. The molecule has 0 fully saturated rings. The van der Waals surface area contributed by atoms with E-state index in [4.69, 9.17) is 11.6 Å². The lowest BCUT2D eigenvalue weighted by Crippen LogP contribution is -2.50. The van der Waals surface area contributed by atoms with Crippen LogP contribution < -0.4 is 9.62 Å². The standard InChI is InChI=1S/C33H42ClN3O4S/c1-5-6-19-35-33(39)31(23-27-12-8-7-9-13-27)36(24-28-14-10-15-29(34)22-28)32(38)16-11-20-37(42(4,40)41)30-18-17-25(2)26(3)21-30/h7-10,12-15,17-18,21-22,31H,5-6,11,16,19-20,23-24H2,1-4H3,(H,35,39)/t31-/m0/s1. The van der Waals surface area contributed by atoms with Crippen LogP contribution in [0.25, 0.3) is 0 Å². The van der Waals surface area contributed by atoms with Gasteiger partial charge in [-0.15, -0.1) is 0 Å². The number of halogens is 1. The summed E-state index contributed by atoms with van der Waals surface area (Å²) in [6.45, 7) is 6.84. The van der Waals surface area contributed by atoms with Crippen LogP contribution in [0.4, 0.5) is 5.69 Å². The Bertz CT molecular complexity index is 1450. The number of aryl methyl sites for hydroxylation is 2. The van der Waals surface area contributed by atoms with Gasteiger partial charge < -0.3 is 10.2 Å². The molecule has 7 nitrogen and oxygen atoms in total. The average Bonchev–Trinajstić information content (AvgIpc) is 2.94. The second-order valence-electron chi connectivity index (χ2n) is 10.7. The van der Waals surface area contributed by atoms with Gasteiger partial charge in [-0.05, 0) is 73.2 Å². The summed E-state index contributed by atoms with van der Waals surface area (Å²) >= 11 is 6.26. The molecule has 2 amide bonds. The SMILES string of the molecule is CCCCNC(=O)[C@H](Cc1ccccc1)N(Cc1cccc(Cl)c1)C(=O)CCCN(c1ccc(C)c(C)c1)S(C)(=O)=O. The minimum absolute atomic E-state index is 0.0744. The molecule has 9 heteroatoms. The van der Waals surface area contributed by atoms with E-state index in [1.165, 1.54) is 10.6 Å². The summed E-state index contributed by atoms with van der Waals surface area (Å²) in [5.41, 5.74) is 4.38. The number of anilines is 1. The first-order valence-electron chi connectivity index (χ1n) is 14.4. The zero-order valence-corrected chi connectivity index (χ0v) is 26.5. The van der Waals surface area contributed by atoms with Crippen LogP contribution in [0.2, 0.25) is 5.02 Å². The smallest absolute Gasteiger partial charge is 0.243 e. The molecule has 0 saturated heterocycles. The minimum atomic E-state index is -3.57. The molecular weight excluding hydrogens is 570 g/mol. The number of hydrogen-bond acceptors (Lipinski definition) is 4. The van der Waals surface area contributed by atoms with E-state index in [0.29, 0.717) is 30.1 Å². The molecule has 1 atom stereocenters. The Hall–Kier alpha value is -3.36. The van der Waals surface area contributed by atoms with E-state index >= 15 is 0 Å². The summed E-state index contributed by atoms with van der Waals surface area (Å²) in [5.74, 6) is -0.439. The number of rotatable bonds is 15. The Labute approximate surface area is 255 Å². The third-order valence-corrected chi connectivity index (χ3v) is 8.70. The molecule has 0 heterocycles. The number of amides is 2. The third-order valence-electron chi connectivity index (χ3n) is 7.27. The van der Waals surface area contributed by atoms with Gasteiger partial charge in [0.1, 0.15) is 6.04 Å². The lowest BCUT2D eigenvalue weighted by atomic mass is 10.0. The third kappa shape index (κ3) is 9.88. The van der Waals surface area contributed by atoms with Crippen molar-refractivity contribution in [3.63, 3.8) is 0 Å². The van der Waals surface area contributed by atoms with Gasteiger partial charge in [-0.3, -0.25) is 13.9 Å². The Morgan fingerprint density at radius 1 is 0.905 bits per heavy atom. The van der Waals surface area contributed by atoms with Crippen molar-refractivity contribution in [3.8, 4) is 0 Å². The molecule has 0 radical (unpaired) electrons. The van der Waals surface area contributed by atoms with Crippen LogP contribution in [0.15, 0.2) is 72.8 Å². The normalized spacial score (nSPS) is 12.0. The number of unbranched alkanes of at least 4 members (excludes halogenated alkanes) is 1. The van der Waals surface area contributed by atoms with Crippen molar-refractivity contribution in [1.29, 1.82) is 0 Å². The molecule has 0 aromatic heterocycles. The summed E-state index contributed by atoms with van der Waals surface area (Å²) in [6, 6.07) is 21.7. The van der Waals surface area contributed by atoms with Crippen molar-refractivity contribution in [2.24, 2.45) is 0 Å². The van der Waals surface area contributed by atoms with Gasteiger partial charge in [0.15, 0.2) is 0 Å². The number of nitrogens with one attached hydrogen (secondary N) is 1. The van der Waals surface area contributed by atoms with Crippen molar-refractivity contribution in [2.45, 2.75) is 65.5 Å². The number of sulfonamides is 1. The molecule has 1 N–H and O–H groups in total. The quantitative estimate of drug-likeness (QED) is 0.212. The minimum Gasteiger partial charge on any atom is -0.354 e. The van der Waals surface area contributed by atoms with E-state index in [1.807, 2.05) is 68.4 Å². The van der Waals surface area contributed by atoms with Crippen LogP contribution in [0.5, 0.6) is 0 Å². The van der Waals surface area contributed by atoms with Gasteiger partial charge in [-0.25, -0.2) is 8.42 Å². The summed E-state index contributed by atoms with van der Waals surface area (Å²) in [6.07, 6.45) is 3.67.